The summed E-state index contributed by atoms with van der Waals surface area (Å²) in [5, 5.41) is 0. The average molecular weight is 444 g/mol. The van der Waals surface area contributed by atoms with Crippen LogP contribution < -0.4 is 15.6 Å². The molecule has 0 aliphatic carbocycles. The van der Waals surface area contributed by atoms with Gasteiger partial charge in [0.15, 0.2) is 0 Å². The van der Waals surface area contributed by atoms with Gasteiger partial charge in [0.25, 0.3) is 5.91 Å². The SMILES string of the molecule is O=C(CCNS(=O)(=O)c1cccc(Br)c1)NNC(=O)c1ccccc1F. The molecule has 2 amide bonds. The Morgan fingerprint density at radius 1 is 1.04 bits per heavy atom. The van der Waals surface area contributed by atoms with E-state index in [-0.39, 0.29) is 23.4 Å². The Morgan fingerprint density at radius 3 is 2.46 bits per heavy atom. The molecule has 7 nitrogen and oxygen atoms in total. The first kappa shape index (κ1) is 20.0. The zero-order valence-corrected chi connectivity index (χ0v) is 15.7. The van der Waals surface area contributed by atoms with Gasteiger partial charge in [-0.25, -0.2) is 17.5 Å². The Labute approximate surface area is 158 Å². The lowest BCUT2D eigenvalue weighted by Gasteiger charge is -2.09. The van der Waals surface area contributed by atoms with Crippen LogP contribution in [0.15, 0.2) is 57.9 Å². The molecule has 0 spiro atoms. The Balaban J connectivity index is 1.80. The fourth-order valence-electron chi connectivity index (χ4n) is 1.92. The molecule has 2 rings (SSSR count). The maximum atomic E-state index is 13.4. The molecule has 10 heteroatoms. The van der Waals surface area contributed by atoms with Crippen molar-refractivity contribution in [3.8, 4) is 0 Å². The molecule has 0 bridgehead atoms. The average Bonchev–Trinajstić information content (AvgIpc) is 2.60. The van der Waals surface area contributed by atoms with Gasteiger partial charge in [0.2, 0.25) is 15.9 Å². The monoisotopic (exact) mass is 443 g/mol. The minimum Gasteiger partial charge on any atom is -0.273 e. The van der Waals surface area contributed by atoms with E-state index in [1.807, 2.05) is 0 Å². The Hall–Kier alpha value is -2.30. The lowest BCUT2D eigenvalue weighted by Crippen LogP contribution is -2.43. The molecule has 0 aliphatic heterocycles. The van der Waals surface area contributed by atoms with E-state index >= 15 is 0 Å². The molecule has 0 fully saturated rings. The molecule has 2 aromatic rings. The molecule has 0 saturated carbocycles. The van der Waals surface area contributed by atoms with Gasteiger partial charge in [0.1, 0.15) is 5.82 Å². The second kappa shape index (κ2) is 8.88. The van der Waals surface area contributed by atoms with Crippen LogP contribution in [0, 0.1) is 5.82 Å². The predicted octanol–water partition coefficient (Wildman–Crippen LogP) is 1.72. The number of amides is 2. The van der Waals surface area contributed by atoms with Gasteiger partial charge in [-0.2, -0.15) is 0 Å². The number of halogens is 2. The summed E-state index contributed by atoms with van der Waals surface area (Å²) in [4.78, 5) is 23.5. The van der Waals surface area contributed by atoms with E-state index in [1.54, 1.807) is 12.1 Å². The van der Waals surface area contributed by atoms with Crippen molar-refractivity contribution in [1.29, 1.82) is 0 Å². The lowest BCUT2D eigenvalue weighted by molar-refractivity contribution is -0.121. The summed E-state index contributed by atoms with van der Waals surface area (Å²) < 4.78 is 40.5. The number of sulfonamides is 1. The van der Waals surface area contributed by atoms with E-state index in [2.05, 4.69) is 31.5 Å². The van der Waals surface area contributed by atoms with Gasteiger partial charge in [-0.1, -0.05) is 34.1 Å². The summed E-state index contributed by atoms with van der Waals surface area (Å²) in [5.41, 5.74) is 3.94. The largest absolute Gasteiger partial charge is 0.273 e. The summed E-state index contributed by atoms with van der Waals surface area (Å²) in [5.74, 6) is -2.17. The highest BCUT2D eigenvalue weighted by Crippen LogP contribution is 2.15. The van der Waals surface area contributed by atoms with Crippen molar-refractivity contribution < 1.29 is 22.4 Å². The summed E-state index contributed by atoms with van der Waals surface area (Å²) in [6.07, 6.45) is -0.217. The highest BCUT2D eigenvalue weighted by molar-refractivity contribution is 9.10. The first-order valence-corrected chi connectivity index (χ1v) is 9.66. The molecule has 138 valence electrons. The van der Waals surface area contributed by atoms with Crippen LogP contribution in [0.2, 0.25) is 0 Å². The van der Waals surface area contributed by atoms with Crippen molar-refractivity contribution in [2.45, 2.75) is 11.3 Å². The third-order valence-corrected chi connectivity index (χ3v) is 5.14. The molecular formula is C16H15BrFN3O4S. The topological polar surface area (TPSA) is 104 Å². The van der Waals surface area contributed by atoms with Gasteiger partial charge in [0.05, 0.1) is 10.5 Å². The number of benzene rings is 2. The summed E-state index contributed by atoms with van der Waals surface area (Å²) in [6, 6.07) is 11.4. The van der Waals surface area contributed by atoms with Crippen molar-refractivity contribution in [3.63, 3.8) is 0 Å². The maximum absolute atomic E-state index is 13.4. The van der Waals surface area contributed by atoms with Crippen LogP contribution in [-0.4, -0.2) is 26.8 Å². The van der Waals surface area contributed by atoms with Crippen LogP contribution in [0.4, 0.5) is 4.39 Å². The highest BCUT2D eigenvalue weighted by atomic mass is 79.9. The number of nitrogens with one attached hydrogen (secondary N) is 3. The van der Waals surface area contributed by atoms with E-state index in [4.69, 9.17) is 0 Å². The highest BCUT2D eigenvalue weighted by Gasteiger charge is 2.15. The van der Waals surface area contributed by atoms with Crippen molar-refractivity contribution in [2.24, 2.45) is 0 Å². The van der Waals surface area contributed by atoms with E-state index in [0.717, 1.165) is 6.07 Å². The van der Waals surface area contributed by atoms with Crippen LogP contribution in [0.5, 0.6) is 0 Å². The van der Waals surface area contributed by atoms with Crippen molar-refractivity contribution in [2.75, 3.05) is 6.54 Å². The molecule has 3 N–H and O–H groups in total. The van der Waals surface area contributed by atoms with Gasteiger partial charge < -0.3 is 0 Å². The van der Waals surface area contributed by atoms with Gasteiger partial charge in [-0.15, -0.1) is 0 Å². The molecule has 0 unspecified atom stereocenters. The van der Waals surface area contributed by atoms with E-state index in [9.17, 15) is 22.4 Å². The third kappa shape index (κ3) is 5.61. The van der Waals surface area contributed by atoms with Gasteiger partial charge in [-0.05, 0) is 30.3 Å². The molecule has 0 aromatic heterocycles. The summed E-state index contributed by atoms with van der Waals surface area (Å²) >= 11 is 3.18. The molecule has 0 aliphatic rings. The second-order valence-electron chi connectivity index (χ2n) is 5.09. The molecule has 0 saturated heterocycles. The van der Waals surface area contributed by atoms with Crippen LogP contribution in [-0.2, 0) is 14.8 Å². The van der Waals surface area contributed by atoms with Crippen LogP contribution >= 0.6 is 15.9 Å². The van der Waals surface area contributed by atoms with Crippen LogP contribution in [0.3, 0.4) is 0 Å². The zero-order valence-electron chi connectivity index (χ0n) is 13.3. The molecule has 0 atom stereocenters. The van der Waals surface area contributed by atoms with Crippen LogP contribution in [0.25, 0.3) is 0 Å². The lowest BCUT2D eigenvalue weighted by atomic mass is 10.2. The molecule has 0 radical (unpaired) electrons. The van der Waals surface area contributed by atoms with Gasteiger partial charge in [-0.3, -0.25) is 20.4 Å². The number of carbonyl (C=O) groups is 2. The van der Waals surface area contributed by atoms with Crippen molar-refractivity contribution in [3.05, 3.63) is 64.4 Å². The second-order valence-corrected chi connectivity index (χ2v) is 7.77. The molecular weight excluding hydrogens is 429 g/mol. The fraction of sp³-hybridized carbons (Fsp3) is 0.125. The number of hydrogen-bond acceptors (Lipinski definition) is 4. The predicted molar refractivity (Wildman–Crippen MR) is 96.0 cm³/mol. The van der Waals surface area contributed by atoms with Crippen LogP contribution in [0.1, 0.15) is 16.8 Å². The van der Waals surface area contributed by atoms with E-state index < -0.39 is 27.7 Å². The first-order chi connectivity index (χ1) is 12.3. The van der Waals surface area contributed by atoms with E-state index in [1.165, 1.54) is 30.3 Å². The quantitative estimate of drug-likeness (QED) is 0.591. The number of hydrazine groups is 1. The third-order valence-electron chi connectivity index (χ3n) is 3.18. The minimum atomic E-state index is -3.76. The Morgan fingerprint density at radius 2 is 1.77 bits per heavy atom. The van der Waals surface area contributed by atoms with Crippen molar-refractivity contribution >= 4 is 37.8 Å². The minimum absolute atomic E-state index is 0.0557. The summed E-state index contributed by atoms with van der Waals surface area (Å²) in [6.45, 7) is -0.170. The first-order valence-electron chi connectivity index (χ1n) is 7.38. The summed E-state index contributed by atoms with van der Waals surface area (Å²) in [7, 11) is -3.76. The number of rotatable bonds is 6. The standard InChI is InChI=1S/C16H15BrFN3O4S/c17-11-4-3-5-12(10-11)26(24,25)19-9-8-15(22)20-21-16(23)13-6-1-2-7-14(13)18/h1-7,10,19H,8-9H2,(H,20,22)(H,21,23). The van der Waals surface area contributed by atoms with Crippen molar-refractivity contribution in [1.82, 2.24) is 15.6 Å². The molecule has 26 heavy (non-hydrogen) atoms. The molecule has 0 heterocycles. The van der Waals surface area contributed by atoms with E-state index in [0.29, 0.717) is 4.47 Å². The van der Waals surface area contributed by atoms with Gasteiger partial charge in [0, 0.05) is 17.4 Å². The number of hydrogen-bond donors (Lipinski definition) is 3. The Kier molecular flexibility index (Phi) is 6.83. The fourth-order valence-corrected chi connectivity index (χ4v) is 3.55. The normalized spacial score (nSPS) is 11.0. The molecule has 2 aromatic carbocycles. The number of carbonyl (C=O) groups excluding carboxylic acids is 2. The van der Waals surface area contributed by atoms with Gasteiger partial charge >= 0.3 is 0 Å². The smallest absolute Gasteiger partial charge is 0.272 e. The Bertz CT molecular complexity index is 921. The maximum Gasteiger partial charge on any atom is 0.272 e. The zero-order chi connectivity index (χ0) is 19.2.